The highest BCUT2D eigenvalue weighted by molar-refractivity contribution is 5.99. The molecule has 1 fully saturated rings. The first-order chi connectivity index (χ1) is 13.5. The summed E-state index contributed by atoms with van der Waals surface area (Å²) in [6.07, 6.45) is 0.855. The maximum Gasteiger partial charge on any atom is 0.254 e. The number of carbonyl (C=O) groups excluding carboxylic acids is 1. The molecule has 1 saturated heterocycles. The number of nitrogens with zero attached hydrogens (tertiary/aromatic N) is 2. The zero-order valence-electron chi connectivity index (χ0n) is 16.7. The van der Waals surface area contributed by atoms with Crippen molar-refractivity contribution in [1.82, 2.24) is 14.9 Å². The van der Waals surface area contributed by atoms with Crippen molar-refractivity contribution in [3.8, 4) is 17.1 Å². The van der Waals surface area contributed by atoms with E-state index < -0.39 is 0 Å². The van der Waals surface area contributed by atoms with Gasteiger partial charge in [0.1, 0.15) is 11.6 Å². The van der Waals surface area contributed by atoms with E-state index in [4.69, 9.17) is 9.47 Å². The van der Waals surface area contributed by atoms with Crippen molar-refractivity contribution < 1.29 is 14.3 Å². The lowest BCUT2D eigenvalue weighted by molar-refractivity contribution is 0.0371. The van der Waals surface area contributed by atoms with E-state index in [2.05, 4.69) is 14.9 Å². The van der Waals surface area contributed by atoms with E-state index >= 15 is 0 Å². The molecule has 0 amide bonds. The average Bonchev–Trinajstić information content (AvgIpc) is 2.70. The summed E-state index contributed by atoms with van der Waals surface area (Å²) in [4.78, 5) is 34.4. The normalized spacial score (nSPS) is 14.8. The summed E-state index contributed by atoms with van der Waals surface area (Å²) >= 11 is 0. The number of aromatic nitrogens is 2. The lowest BCUT2D eigenvalue weighted by atomic mass is 10.0. The van der Waals surface area contributed by atoms with E-state index in [-0.39, 0.29) is 11.3 Å². The summed E-state index contributed by atoms with van der Waals surface area (Å²) < 4.78 is 11.2. The predicted molar refractivity (Wildman–Crippen MR) is 107 cm³/mol. The largest absolute Gasteiger partial charge is 0.493 e. The van der Waals surface area contributed by atoms with Crippen LogP contribution >= 0.6 is 0 Å². The van der Waals surface area contributed by atoms with Gasteiger partial charge in [-0.3, -0.25) is 14.5 Å². The number of ketones is 1. The van der Waals surface area contributed by atoms with Crippen molar-refractivity contribution in [3.05, 3.63) is 45.4 Å². The smallest absolute Gasteiger partial charge is 0.254 e. The molecule has 0 saturated carbocycles. The van der Waals surface area contributed by atoms with Crippen LogP contribution in [0.15, 0.2) is 23.0 Å². The highest BCUT2D eigenvalue weighted by atomic mass is 16.5. The first-order valence-electron chi connectivity index (χ1n) is 9.67. The van der Waals surface area contributed by atoms with Crippen LogP contribution in [-0.4, -0.2) is 60.1 Å². The Bertz CT molecular complexity index is 901. The standard InChI is InChI=1S/C21H27N3O4/c1-4-9-28-19-6-5-16(18(25)13-24-7-10-27-11-8-24)12-17(19)20-22-15(3)14(2)21(26)23-20/h5-6,12H,4,7-11,13H2,1-3H3,(H,22,23,26). The summed E-state index contributed by atoms with van der Waals surface area (Å²) in [5.74, 6) is 1.05. The molecule has 0 unspecified atom stereocenters. The predicted octanol–water partition coefficient (Wildman–Crippen LogP) is 2.36. The highest BCUT2D eigenvalue weighted by Crippen LogP contribution is 2.29. The Morgan fingerprint density at radius 2 is 2.04 bits per heavy atom. The zero-order chi connectivity index (χ0) is 20.1. The second kappa shape index (κ2) is 9.12. The summed E-state index contributed by atoms with van der Waals surface area (Å²) in [7, 11) is 0. The fraction of sp³-hybridized carbons (Fsp3) is 0.476. The molecule has 2 aromatic rings. The molecular formula is C21H27N3O4. The number of hydrogen-bond donors (Lipinski definition) is 1. The Labute approximate surface area is 164 Å². The number of rotatable bonds is 7. The highest BCUT2D eigenvalue weighted by Gasteiger charge is 2.18. The Kier molecular flexibility index (Phi) is 6.59. The summed E-state index contributed by atoms with van der Waals surface area (Å²) in [6.45, 7) is 9.25. The van der Waals surface area contributed by atoms with Gasteiger partial charge in [0, 0.05) is 29.9 Å². The minimum absolute atomic E-state index is 0.0244. The van der Waals surface area contributed by atoms with Crippen LogP contribution < -0.4 is 10.3 Å². The number of aryl methyl sites for hydroxylation is 1. The third kappa shape index (κ3) is 4.66. The molecule has 3 rings (SSSR count). The van der Waals surface area contributed by atoms with Gasteiger partial charge in [-0.05, 0) is 38.5 Å². The molecule has 0 aliphatic carbocycles. The maximum absolute atomic E-state index is 12.8. The van der Waals surface area contributed by atoms with Crippen LogP contribution in [0.5, 0.6) is 5.75 Å². The van der Waals surface area contributed by atoms with Gasteiger partial charge in [-0.15, -0.1) is 0 Å². The van der Waals surface area contributed by atoms with Crippen LogP contribution in [0.2, 0.25) is 0 Å². The SMILES string of the molecule is CCCOc1ccc(C(=O)CN2CCOCC2)cc1-c1nc(C)c(C)c(=O)[nH]1. The fourth-order valence-electron chi connectivity index (χ4n) is 3.05. The fourth-order valence-corrected chi connectivity index (χ4v) is 3.05. The van der Waals surface area contributed by atoms with Gasteiger partial charge in [-0.1, -0.05) is 6.92 Å². The van der Waals surface area contributed by atoms with Crippen molar-refractivity contribution in [2.45, 2.75) is 27.2 Å². The van der Waals surface area contributed by atoms with Crippen molar-refractivity contribution in [1.29, 1.82) is 0 Å². The van der Waals surface area contributed by atoms with Crippen molar-refractivity contribution in [2.75, 3.05) is 39.5 Å². The molecule has 28 heavy (non-hydrogen) atoms. The van der Waals surface area contributed by atoms with E-state index in [0.29, 0.717) is 60.3 Å². The van der Waals surface area contributed by atoms with Gasteiger partial charge >= 0.3 is 0 Å². The summed E-state index contributed by atoms with van der Waals surface area (Å²) in [6, 6.07) is 5.32. The molecule has 7 nitrogen and oxygen atoms in total. The van der Waals surface area contributed by atoms with Crippen molar-refractivity contribution in [2.24, 2.45) is 0 Å². The maximum atomic E-state index is 12.8. The number of benzene rings is 1. The number of morpholine rings is 1. The number of Topliss-reactive ketones (excluding diaryl/α,β-unsaturated/α-hetero) is 1. The lowest BCUT2D eigenvalue weighted by Crippen LogP contribution is -2.39. The molecule has 0 radical (unpaired) electrons. The van der Waals surface area contributed by atoms with E-state index in [1.54, 1.807) is 32.0 Å². The Hall–Kier alpha value is -2.51. The lowest BCUT2D eigenvalue weighted by Gasteiger charge is -2.25. The Balaban J connectivity index is 1.95. The average molecular weight is 385 g/mol. The first kappa shape index (κ1) is 20.2. The summed E-state index contributed by atoms with van der Waals surface area (Å²) in [5, 5.41) is 0. The van der Waals surface area contributed by atoms with Crippen LogP contribution in [0.25, 0.3) is 11.4 Å². The van der Waals surface area contributed by atoms with Gasteiger partial charge in [0.05, 0.1) is 31.9 Å². The monoisotopic (exact) mass is 385 g/mol. The van der Waals surface area contributed by atoms with Crippen LogP contribution in [0.1, 0.15) is 35.0 Å². The molecule has 1 aliphatic rings. The number of nitrogens with one attached hydrogen (secondary N) is 1. The first-order valence-corrected chi connectivity index (χ1v) is 9.67. The number of aromatic amines is 1. The number of H-pyrrole nitrogens is 1. The third-order valence-corrected chi connectivity index (χ3v) is 4.88. The quantitative estimate of drug-likeness (QED) is 0.737. The molecule has 7 heteroatoms. The van der Waals surface area contributed by atoms with Crippen LogP contribution in [-0.2, 0) is 4.74 Å². The van der Waals surface area contributed by atoms with Gasteiger partial charge < -0.3 is 14.5 Å². The van der Waals surface area contributed by atoms with E-state index in [0.717, 1.165) is 19.5 Å². The molecule has 1 aromatic carbocycles. The molecule has 150 valence electrons. The molecule has 0 bridgehead atoms. The molecule has 0 spiro atoms. The van der Waals surface area contributed by atoms with Crippen LogP contribution in [0, 0.1) is 13.8 Å². The minimum atomic E-state index is -0.186. The van der Waals surface area contributed by atoms with Gasteiger partial charge in [0.15, 0.2) is 5.78 Å². The Morgan fingerprint density at radius 3 is 2.71 bits per heavy atom. The molecule has 1 N–H and O–H groups in total. The third-order valence-electron chi connectivity index (χ3n) is 4.88. The topological polar surface area (TPSA) is 84.5 Å². The summed E-state index contributed by atoms with van der Waals surface area (Å²) in [5.41, 5.74) is 2.26. The Morgan fingerprint density at radius 1 is 1.29 bits per heavy atom. The number of carbonyl (C=O) groups is 1. The van der Waals surface area contributed by atoms with Gasteiger partial charge in [0.25, 0.3) is 5.56 Å². The van der Waals surface area contributed by atoms with E-state index in [9.17, 15) is 9.59 Å². The van der Waals surface area contributed by atoms with E-state index in [1.807, 2.05) is 6.92 Å². The minimum Gasteiger partial charge on any atom is -0.493 e. The second-order valence-electron chi connectivity index (χ2n) is 7.00. The van der Waals surface area contributed by atoms with Crippen LogP contribution in [0.4, 0.5) is 0 Å². The zero-order valence-corrected chi connectivity index (χ0v) is 16.7. The van der Waals surface area contributed by atoms with Crippen molar-refractivity contribution in [3.63, 3.8) is 0 Å². The van der Waals surface area contributed by atoms with Gasteiger partial charge in [-0.2, -0.15) is 0 Å². The van der Waals surface area contributed by atoms with E-state index in [1.165, 1.54) is 0 Å². The molecule has 1 aliphatic heterocycles. The van der Waals surface area contributed by atoms with Crippen LogP contribution in [0.3, 0.4) is 0 Å². The molecule has 1 aromatic heterocycles. The number of ether oxygens (including phenoxy) is 2. The molecule has 0 atom stereocenters. The second-order valence-corrected chi connectivity index (χ2v) is 7.00. The molecule has 2 heterocycles. The number of hydrogen-bond acceptors (Lipinski definition) is 6. The van der Waals surface area contributed by atoms with Gasteiger partial charge in [-0.25, -0.2) is 4.98 Å². The molecular weight excluding hydrogens is 358 g/mol. The van der Waals surface area contributed by atoms with Gasteiger partial charge in [0.2, 0.25) is 0 Å². The van der Waals surface area contributed by atoms with Crippen molar-refractivity contribution >= 4 is 5.78 Å².